The van der Waals surface area contributed by atoms with Crippen molar-refractivity contribution in [3.05, 3.63) is 54.1 Å². The highest BCUT2D eigenvalue weighted by molar-refractivity contribution is 5.99. The molecule has 2 fully saturated rings. The quantitative estimate of drug-likeness (QED) is 0.714. The first-order valence-electron chi connectivity index (χ1n) is 11.4. The van der Waals surface area contributed by atoms with Crippen molar-refractivity contribution in [1.82, 2.24) is 4.90 Å². The third-order valence-electron chi connectivity index (χ3n) is 6.35. The number of fused-ring (bicyclic) bond motifs is 1. The van der Waals surface area contributed by atoms with Crippen LogP contribution in [0.15, 0.2) is 48.5 Å². The number of hydrogen-bond acceptors (Lipinski definition) is 5. The second kappa shape index (κ2) is 9.23. The summed E-state index contributed by atoms with van der Waals surface area (Å²) in [5.41, 5.74) is 2.39. The second-order valence-corrected chi connectivity index (χ2v) is 8.51. The fraction of sp³-hybridized carbons (Fsp3) is 0.400. The van der Waals surface area contributed by atoms with Gasteiger partial charge < -0.3 is 24.2 Å². The van der Waals surface area contributed by atoms with E-state index in [-0.39, 0.29) is 30.7 Å². The van der Waals surface area contributed by atoms with Crippen LogP contribution in [0, 0.1) is 0 Å². The largest absolute Gasteiger partial charge is 0.476 e. The van der Waals surface area contributed by atoms with Crippen LogP contribution in [0.2, 0.25) is 0 Å². The van der Waals surface area contributed by atoms with Crippen LogP contribution in [0.3, 0.4) is 0 Å². The molecule has 2 aromatic carbocycles. The topological polar surface area (TPSA) is 79.4 Å². The number of morpholine rings is 1. The molecule has 0 unspecified atom stereocenters. The van der Waals surface area contributed by atoms with E-state index in [1.807, 2.05) is 42.5 Å². The van der Waals surface area contributed by atoms with Gasteiger partial charge in [0.1, 0.15) is 5.75 Å². The van der Waals surface area contributed by atoms with Gasteiger partial charge in [-0.15, -0.1) is 0 Å². The summed E-state index contributed by atoms with van der Waals surface area (Å²) in [5.74, 6) is 0.451. The first-order valence-corrected chi connectivity index (χ1v) is 11.4. The third-order valence-corrected chi connectivity index (χ3v) is 6.35. The lowest BCUT2D eigenvalue weighted by atomic mass is 10.1. The summed E-state index contributed by atoms with van der Waals surface area (Å²) >= 11 is 0. The predicted octanol–water partition coefficient (Wildman–Crippen LogP) is 2.01. The van der Waals surface area contributed by atoms with E-state index in [2.05, 4.69) is 0 Å². The average Bonchev–Trinajstić information content (AvgIpc) is 3.29. The van der Waals surface area contributed by atoms with Gasteiger partial charge in [0.15, 0.2) is 6.10 Å². The Kier molecular flexibility index (Phi) is 6.00. The Balaban J connectivity index is 1.32. The van der Waals surface area contributed by atoms with Gasteiger partial charge in [-0.1, -0.05) is 24.3 Å². The lowest BCUT2D eigenvalue weighted by molar-refractivity contribution is -0.142. The van der Waals surface area contributed by atoms with Gasteiger partial charge in [0.2, 0.25) is 11.8 Å². The summed E-state index contributed by atoms with van der Waals surface area (Å²) in [6.45, 7) is 2.99. The minimum absolute atomic E-state index is 0.101. The van der Waals surface area contributed by atoms with Crippen LogP contribution in [0.5, 0.6) is 5.75 Å². The first-order chi connectivity index (χ1) is 16.1. The van der Waals surface area contributed by atoms with Crippen LogP contribution in [0.25, 0.3) is 0 Å². The fourth-order valence-electron chi connectivity index (χ4n) is 4.57. The molecule has 0 aromatic heterocycles. The number of carbonyl (C=O) groups is 3. The van der Waals surface area contributed by atoms with E-state index in [0.29, 0.717) is 44.2 Å². The molecule has 172 valence electrons. The molecule has 5 rings (SSSR count). The highest BCUT2D eigenvalue weighted by atomic mass is 16.5. The zero-order valence-corrected chi connectivity index (χ0v) is 18.4. The molecule has 3 amide bonds. The van der Waals surface area contributed by atoms with Crippen molar-refractivity contribution >= 4 is 29.1 Å². The van der Waals surface area contributed by atoms with E-state index in [0.717, 1.165) is 24.2 Å². The molecule has 0 spiro atoms. The molecular weight excluding hydrogens is 422 g/mol. The van der Waals surface area contributed by atoms with E-state index >= 15 is 0 Å². The standard InChI is InChI=1S/C25H27N3O5/c29-23-6-3-11-27(23)19-9-7-18(8-10-19)16-24(30)28-17-22(25(31)26-12-14-32-15-13-26)33-21-5-2-1-4-20(21)28/h1-2,4-5,7-10,22H,3,6,11-17H2/t22-/m0/s1. The second-order valence-electron chi connectivity index (χ2n) is 8.51. The van der Waals surface area contributed by atoms with Crippen LogP contribution < -0.4 is 14.5 Å². The molecule has 3 aliphatic rings. The molecule has 3 aliphatic heterocycles. The molecule has 2 saturated heterocycles. The monoisotopic (exact) mass is 449 g/mol. The Morgan fingerprint density at radius 1 is 0.970 bits per heavy atom. The van der Waals surface area contributed by atoms with Crippen molar-refractivity contribution < 1.29 is 23.9 Å². The summed E-state index contributed by atoms with van der Waals surface area (Å²) in [4.78, 5) is 43.5. The van der Waals surface area contributed by atoms with Crippen molar-refractivity contribution in [3.63, 3.8) is 0 Å². The van der Waals surface area contributed by atoms with Gasteiger partial charge in [-0.05, 0) is 36.2 Å². The van der Waals surface area contributed by atoms with E-state index in [1.165, 1.54) is 0 Å². The van der Waals surface area contributed by atoms with Crippen LogP contribution >= 0.6 is 0 Å². The van der Waals surface area contributed by atoms with Gasteiger partial charge in [0.05, 0.1) is 31.9 Å². The Morgan fingerprint density at radius 2 is 1.73 bits per heavy atom. The minimum Gasteiger partial charge on any atom is -0.476 e. The number of anilines is 2. The Hall–Kier alpha value is -3.39. The summed E-state index contributed by atoms with van der Waals surface area (Å²) in [6.07, 6.45) is 0.910. The molecule has 1 atom stereocenters. The van der Waals surface area contributed by atoms with Crippen molar-refractivity contribution in [2.75, 3.05) is 49.2 Å². The summed E-state index contributed by atoms with van der Waals surface area (Å²) in [5, 5.41) is 0. The van der Waals surface area contributed by atoms with Gasteiger partial charge in [0, 0.05) is 31.7 Å². The smallest absolute Gasteiger partial charge is 0.265 e. The van der Waals surface area contributed by atoms with Crippen LogP contribution in [0.1, 0.15) is 18.4 Å². The number of ether oxygens (including phenoxy) is 2. The van der Waals surface area contributed by atoms with Crippen molar-refractivity contribution in [3.8, 4) is 5.75 Å². The number of benzene rings is 2. The average molecular weight is 450 g/mol. The summed E-state index contributed by atoms with van der Waals surface area (Å²) < 4.78 is 11.3. The van der Waals surface area contributed by atoms with Crippen molar-refractivity contribution in [2.24, 2.45) is 0 Å². The highest BCUT2D eigenvalue weighted by Gasteiger charge is 2.36. The minimum atomic E-state index is -0.745. The Bertz CT molecular complexity index is 1050. The third kappa shape index (κ3) is 4.43. The van der Waals surface area contributed by atoms with E-state index in [1.54, 1.807) is 20.8 Å². The summed E-state index contributed by atoms with van der Waals surface area (Å²) in [6, 6.07) is 14.9. The SMILES string of the molecule is O=C([C@@H]1CN(C(=O)Cc2ccc(N3CCCC3=O)cc2)c2ccccc2O1)N1CCOCC1. The zero-order chi connectivity index (χ0) is 22.8. The molecule has 3 heterocycles. The predicted molar refractivity (Wildman–Crippen MR) is 122 cm³/mol. The Morgan fingerprint density at radius 3 is 2.45 bits per heavy atom. The maximum absolute atomic E-state index is 13.3. The molecule has 8 heteroatoms. The summed E-state index contributed by atoms with van der Waals surface area (Å²) in [7, 11) is 0. The number of rotatable bonds is 4. The van der Waals surface area contributed by atoms with Gasteiger partial charge >= 0.3 is 0 Å². The van der Waals surface area contributed by atoms with E-state index in [4.69, 9.17) is 9.47 Å². The number of hydrogen-bond donors (Lipinski definition) is 0. The number of amides is 3. The molecule has 2 aromatic rings. The first kappa shape index (κ1) is 21.5. The maximum atomic E-state index is 13.3. The molecule has 33 heavy (non-hydrogen) atoms. The lowest BCUT2D eigenvalue weighted by Crippen LogP contribution is -2.54. The number of nitrogens with zero attached hydrogens (tertiary/aromatic N) is 3. The number of para-hydroxylation sites is 2. The molecule has 8 nitrogen and oxygen atoms in total. The lowest BCUT2D eigenvalue weighted by Gasteiger charge is -2.37. The van der Waals surface area contributed by atoms with Crippen LogP contribution in [0.4, 0.5) is 11.4 Å². The van der Waals surface area contributed by atoms with Crippen LogP contribution in [-0.4, -0.2) is 68.1 Å². The molecule has 0 N–H and O–H groups in total. The number of carbonyl (C=O) groups excluding carboxylic acids is 3. The van der Waals surface area contributed by atoms with Gasteiger partial charge in [-0.2, -0.15) is 0 Å². The molecule has 0 aliphatic carbocycles. The molecular formula is C25H27N3O5. The van der Waals surface area contributed by atoms with Gasteiger partial charge in [0.25, 0.3) is 5.91 Å². The molecule has 0 bridgehead atoms. The van der Waals surface area contributed by atoms with Gasteiger partial charge in [-0.25, -0.2) is 0 Å². The fourth-order valence-corrected chi connectivity index (χ4v) is 4.57. The van der Waals surface area contributed by atoms with Crippen molar-refractivity contribution in [1.29, 1.82) is 0 Å². The maximum Gasteiger partial charge on any atom is 0.265 e. The normalized spacial score (nSPS) is 20.4. The Labute approximate surface area is 192 Å². The van der Waals surface area contributed by atoms with E-state index in [9.17, 15) is 14.4 Å². The van der Waals surface area contributed by atoms with Crippen LogP contribution in [-0.2, 0) is 25.5 Å². The highest BCUT2D eigenvalue weighted by Crippen LogP contribution is 2.34. The van der Waals surface area contributed by atoms with Gasteiger partial charge in [-0.3, -0.25) is 14.4 Å². The zero-order valence-electron chi connectivity index (χ0n) is 18.4. The molecule has 0 saturated carbocycles. The molecule has 0 radical (unpaired) electrons. The van der Waals surface area contributed by atoms with Crippen molar-refractivity contribution in [2.45, 2.75) is 25.4 Å². The van der Waals surface area contributed by atoms with E-state index < -0.39 is 6.10 Å².